The maximum absolute atomic E-state index is 12.9. The average Bonchev–Trinajstić information content (AvgIpc) is 2.95. The molecule has 0 radical (unpaired) electrons. The molecular formula is C19H27N3O4S. The number of nitrogens with zero attached hydrogens (tertiary/aromatic N) is 3. The average molecular weight is 394 g/mol. The number of carbonyl (C=O) groups excluding carboxylic acids is 2. The van der Waals surface area contributed by atoms with Crippen molar-refractivity contribution >= 4 is 21.7 Å². The van der Waals surface area contributed by atoms with Crippen LogP contribution in [-0.4, -0.2) is 71.7 Å². The zero-order chi connectivity index (χ0) is 19.6. The van der Waals surface area contributed by atoms with Gasteiger partial charge in [0.05, 0.1) is 30.0 Å². The van der Waals surface area contributed by atoms with Gasteiger partial charge in [-0.15, -0.1) is 0 Å². The van der Waals surface area contributed by atoms with Gasteiger partial charge in [-0.25, -0.2) is 8.42 Å². The van der Waals surface area contributed by atoms with Crippen LogP contribution in [0, 0.1) is 6.92 Å². The van der Waals surface area contributed by atoms with Crippen molar-refractivity contribution in [2.75, 3.05) is 24.6 Å². The standard InChI is InChI=1S/C19H27N3O4S/c1-3-4-5-18(23)21-8-9-22(17-13-27(25,26)12-16(17)21)19(24)10-15-7-6-14(2)20-11-15/h6-7,11,16-17H,3-5,8-10,12-13H2,1-2H3/t16-,17+/m0/s1. The Bertz CT molecular complexity index is 807. The van der Waals surface area contributed by atoms with Crippen molar-refractivity contribution < 1.29 is 18.0 Å². The van der Waals surface area contributed by atoms with Gasteiger partial charge in [-0.1, -0.05) is 19.4 Å². The van der Waals surface area contributed by atoms with Crippen LogP contribution in [0.2, 0.25) is 0 Å². The third kappa shape index (κ3) is 4.48. The number of sulfone groups is 1. The highest BCUT2D eigenvalue weighted by molar-refractivity contribution is 7.91. The summed E-state index contributed by atoms with van der Waals surface area (Å²) < 4.78 is 24.5. The molecule has 0 aliphatic carbocycles. The number of rotatable bonds is 5. The molecule has 2 fully saturated rings. The van der Waals surface area contributed by atoms with Crippen molar-refractivity contribution in [1.29, 1.82) is 0 Å². The Kier molecular flexibility index (Phi) is 5.83. The van der Waals surface area contributed by atoms with Crippen LogP contribution in [0.25, 0.3) is 0 Å². The molecule has 2 atom stereocenters. The summed E-state index contributed by atoms with van der Waals surface area (Å²) in [6.07, 6.45) is 4.02. The van der Waals surface area contributed by atoms with Crippen molar-refractivity contribution in [2.24, 2.45) is 0 Å². The first kappa shape index (κ1) is 19.8. The molecular weight excluding hydrogens is 366 g/mol. The monoisotopic (exact) mass is 393 g/mol. The maximum atomic E-state index is 12.9. The van der Waals surface area contributed by atoms with Crippen LogP contribution in [-0.2, 0) is 25.8 Å². The molecule has 8 heteroatoms. The van der Waals surface area contributed by atoms with E-state index in [9.17, 15) is 18.0 Å². The third-order valence-corrected chi connectivity index (χ3v) is 7.09. The molecule has 2 amide bonds. The van der Waals surface area contributed by atoms with E-state index in [1.54, 1.807) is 16.0 Å². The van der Waals surface area contributed by atoms with E-state index in [0.717, 1.165) is 24.1 Å². The molecule has 7 nitrogen and oxygen atoms in total. The molecule has 0 spiro atoms. The minimum Gasteiger partial charge on any atom is -0.335 e. The van der Waals surface area contributed by atoms with Crippen LogP contribution >= 0.6 is 0 Å². The Morgan fingerprint density at radius 3 is 2.30 bits per heavy atom. The summed E-state index contributed by atoms with van der Waals surface area (Å²) >= 11 is 0. The molecule has 0 N–H and O–H groups in total. The number of unbranched alkanes of at least 4 members (excludes halogenated alkanes) is 1. The second kappa shape index (κ2) is 7.96. The van der Waals surface area contributed by atoms with Crippen molar-refractivity contribution in [2.45, 2.75) is 51.6 Å². The number of fused-ring (bicyclic) bond motifs is 1. The lowest BCUT2D eigenvalue weighted by molar-refractivity contribution is -0.145. The number of amides is 2. The van der Waals surface area contributed by atoms with Gasteiger partial charge in [-0.3, -0.25) is 14.6 Å². The molecule has 3 heterocycles. The van der Waals surface area contributed by atoms with Gasteiger partial charge in [0.25, 0.3) is 0 Å². The topological polar surface area (TPSA) is 87.7 Å². The number of piperazine rings is 1. The van der Waals surface area contributed by atoms with E-state index in [1.807, 2.05) is 26.0 Å². The molecule has 0 unspecified atom stereocenters. The van der Waals surface area contributed by atoms with Crippen LogP contribution in [0.3, 0.4) is 0 Å². The summed E-state index contributed by atoms with van der Waals surface area (Å²) in [6.45, 7) is 4.69. The van der Waals surface area contributed by atoms with E-state index in [1.165, 1.54) is 0 Å². The number of hydrogen-bond acceptors (Lipinski definition) is 5. The fraction of sp³-hybridized carbons (Fsp3) is 0.632. The molecule has 2 aliphatic rings. The Balaban J connectivity index is 1.75. The normalized spacial score (nSPS) is 23.9. The highest BCUT2D eigenvalue weighted by atomic mass is 32.2. The highest BCUT2D eigenvalue weighted by Gasteiger charge is 2.49. The van der Waals surface area contributed by atoms with E-state index in [4.69, 9.17) is 0 Å². The third-order valence-electron chi connectivity index (χ3n) is 5.39. The molecule has 27 heavy (non-hydrogen) atoms. The smallest absolute Gasteiger partial charge is 0.227 e. The van der Waals surface area contributed by atoms with Gasteiger partial charge in [0.15, 0.2) is 9.84 Å². The minimum absolute atomic E-state index is 0.00113. The number of carbonyl (C=O) groups is 2. The predicted octanol–water partition coefficient (Wildman–Crippen LogP) is 0.959. The lowest BCUT2D eigenvalue weighted by Gasteiger charge is -2.44. The summed E-state index contributed by atoms with van der Waals surface area (Å²) in [6, 6.07) is 2.86. The maximum Gasteiger partial charge on any atom is 0.227 e. The quantitative estimate of drug-likeness (QED) is 0.744. The Labute approximate surface area is 160 Å². The lowest BCUT2D eigenvalue weighted by atomic mass is 10.0. The van der Waals surface area contributed by atoms with Crippen LogP contribution < -0.4 is 0 Å². The van der Waals surface area contributed by atoms with E-state index in [-0.39, 0.29) is 29.7 Å². The van der Waals surface area contributed by atoms with E-state index >= 15 is 0 Å². The number of hydrogen-bond donors (Lipinski definition) is 0. The van der Waals surface area contributed by atoms with Gasteiger partial charge >= 0.3 is 0 Å². The predicted molar refractivity (Wildman–Crippen MR) is 102 cm³/mol. The van der Waals surface area contributed by atoms with Crippen molar-refractivity contribution in [3.8, 4) is 0 Å². The minimum atomic E-state index is -3.26. The summed E-state index contributed by atoms with van der Waals surface area (Å²) in [5.74, 6) is -0.217. The van der Waals surface area contributed by atoms with Crippen LogP contribution in [0.1, 0.15) is 37.4 Å². The fourth-order valence-corrected chi connectivity index (χ4v) is 5.90. The molecule has 2 saturated heterocycles. The molecule has 1 aromatic heterocycles. The fourth-order valence-electron chi connectivity index (χ4n) is 3.92. The Hall–Kier alpha value is -1.96. The van der Waals surface area contributed by atoms with Gasteiger partial charge in [0.1, 0.15) is 0 Å². The molecule has 3 rings (SSSR count). The van der Waals surface area contributed by atoms with Gasteiger partial charge in [-0.2, -0.15) is 0 Å². The number of aryl methyl sites for hydroxylation is 1. The summed E-state index contributed by atoms with van der Waals surface area (Å²) in [5.41, 5.74) is 1.69. The zero-order valence-electron chi connectivity index (χ0n) is 15.9. The SMILES string of the molecule is CCCCC(=O)N1CCN(C(=O)Cc2ccc(C)nc2)[C@@H]2CS(=O)(=O)C[C@@H]21. The van der Waals surface area contributed by atoms with E-state index in [0.29, 0.717) is 19.5 Å². The Morgan fingerprint density at radius 1 is 1.11 bits per heavy atom. The first-order chi connectivity index (χ1) is 12.8. The lowest BCUT2D eigenvalue weighted by Crippen LogP contribution is -2.62. The van der Waals surface area contributed by atoms with Crippen LogP contribution in [0.5, 0.6) is 0 Å². The van der Waals surface area contributed by atoms with Crippen molar-refractivity contribution in [3.63, 3.8) is 0 Å². The second-order valence-corrected chi connectivity index (χ2v) is 9.63. The number of aromatic nitrogens is 1. The van der Waals surface area contributed by atoms with Gasteiger partial charge < -0.3 is 9.80 Å². The second-order valence-electron chi connectivity index (χ2n) is 7.47. The number of pyridine rings is 1. The van der Waals surface area contributed by atoms with Crippen LogP contribution in [0.15, 0.2) is 18.3 Å². The Morgan fingerprint density at radius 2 is 1.74 bits per heavy atom. The highest BCUT2D eigenvalue weighted by Crippen LogP contribution is 2.28. The first-order valence-electron chi connectivity index (χ1n) is 9.51. The van der Waals surface area contributed by atoms with E-state index in [2.05, 4.69) is 4.98 Å². The summed E-state index contributed by atoms with van der Waals surface area (Å²) in [5, 5.41) is 0. The molecule has 0 saturated carbocycles. The van der Waals surface area contributed by atoms with Gasteiger partial charge in [0.2, 0.25) is 11.8 Å². The summed E-state index contributed by atoms with van der Waals surface area (Å²) in [4.78, 5) is 33.0. The molecule has 0 bridgehead atoms. The zero-order valence-corrected chi connectivity index (χ0v) is 16.7. The largest absolute Gasteiger partial charge is 0.335 e. The molecule has 148 valence electrons. The van der Waals surface area contributed by atoms with Crippen LogP contribution in [0.4, 0.5) is 0 Å². The molecule has 1 aromatic rings. The van der Waals surface area contributed by atoms with Crippen molar-refractivity contribution in [3.05, 3.63) is 29.6 Å². The van der Waals surface area contributed by atoms with E-state index < -0.39 is 21.9 Å². The van der Waals surface area contributed by atoms with Gasteiger partial charge in [0, 0.05) is 31.4 Å². The first-order valence-corrected chi connectivity index (χ1v) is 11.3. The van der Waals surface area contributed by atoms with Crippen molar-refractivity contribution in [1.82, 2.24) is 14.8 Å². The molecule has 2 aliphatic heterocycles. The molecule has 0 aromatic carbocycles. The summed E-state index contributed by atoms with van der Waals surface area (Å²) in [7, 11) is -3.26. The van der Waals surface area contributed by atoms with Gasteiger partial charge in [-0.05, 0) is 25.0 Å².